The first-order valence-corrected chi connectivity index (χ1v) is 8.28. The summed E-state index contributed by atoms with van der Waals surface area (Å²) in [5, 5.41) is 3.83. The summed E-state index contributed by atoms with van der Waals surface area (Å²) in [4.78, 5) is 12.7. The zero-order valence-corrected chi connectivity index (χ0v) is 14.5. The molecule has 1 amide bonds. The molecule has 0 radical (unpaired) electrons. The molecule has 0 heterocycles. The van der Waals surface area contributed by atoms with Crippen LogP contribution < -0.4 is 14.8 Å². The van der Waals surface area contributed by atoms with Crippen LogP contribution in [0.15, 0.2) is 42.5 Å². The zero-order valence-electron chi connectivity index (χ0n) is 13.7. The normalized spacial score (nSPS) is 14.8. The molecule has 4 nitrogen and oxygen atoms in total. The molecule has 5 heteroatoms. The highest BCUT2D eigenvalue weighted by atomic mass is 35.5. The summed E-state index contributed by atoms with van der Waals surface area (Å²) in [6, 6.07) is 12.8. The lowest BCUT2D eigenvalue weighted by atomic mass is 10.0. The lowest BCUT2D eigenvalue weighted by Gasteiger charge is -2.20. The van der Waals surface area contributed by atoms with Gasteiger partial charge in [0.2, 0.25) is 0 Å². The minimum atomic E-state index is -0.152. The van der Waals surface area contributed by atoms with Gasteiger partial charge < -0.3 is 14.8 Å². The Morgan fingerprint density at radius 2 is 1.83 bits per heavy atom. The van der Waals surface area contributed by atoms with Crippen molar-refractivity contribution in [2.45, 2.75) is 18.9 Å². The Morgan fingerprint density at radius 3 is 2.42 bits per heavy atom. The molecule has 1 aliphatic carbocycles. The van der Waals surface area contributed by atoms with Crippen LogP contribution in [0.2, 0.25) is 5.02 Å². The summed E-state index contributed by atoms with van der Waals surface area (Å²) >= 11 is 5.97. The van der Waals surface area contributed by atoms with Crippen LogP contribution >= 0.6 is 11.6 Å². The van der Waals surface area contributed by atoms with Crippen molar-refractivity contribution in [1.29, 1.82) is 0 Å². The number of hydrogen-bond donors (Lipinski definition) is 1. The van der Waals surface area contributed by atoms with Gasteiger partial charge in [-0.25, -0.2) is 0 Å². The van der Waals surface area contributed by atoms with Crippen molar-refractivity contribution in [3.05, 3.63) is 58.6 Å². The Hall–Kier alpha value is -2.20. The van der Waals surface area contributed by atoms with Crippen molar-refractivity contribution in [3.63, 3.8) is 0 Å². The Kier molecular flexibility index (Phi) is 4.95. The van der Waals surface area contributed by atoms with E-state index in [-0.39, 0.29) is 11.9 Å². The van der Waals surface area contributed by atoms with E-state index >= 15 is 0 Å². The topological polar surface area (TPSA) is 47.6 Å². The van der Waals surface area contributed by atoms with Gasteiger partial charge in [0, 0.05) is 11.1 Å². The van der Waals surface area contributed by atoms with Crippen molar-refractivity contribution in [3.8, 4) is 11.5 Å². The Labute approximate surface area is 146 Å². The maximum Gasteiger partial charge on any atom is 0.255 e. The largest absolute Gasteiger partial charge is 0.497 e. The molecule has 1 unspecified atom stereocenters. The van der Waals surface area contributed by atoms with Gasteiger partial charge in [-0.15, -0.1) is 0 Å². The van der Waals surface area contributed by atoms with E-state index in [1.165, 1.54) is 0 Å². The number of rotatable bonds is 6. The number of carbonyl (C=O) groups excluding carboxylic acids is 1. The van der Waals surface area contributed by atoms with Crippen LogP contribution in [0, 0.1) is 5.92 Å². The molecule has 1 fully saturated rings. The fraction of sp³-hybridized carbons (Fsp3) is 0.316. The second-order valence-corrected chi connectivity index (χ2v) is 6.34. The molecule has 1 aliphatic rings. The summed E-state index contributed by atoms with van der Waals surface area (Å²) in [7, 11) is 3.13. The molecule has 2 aromatic rings. The smallest absolute Gasteiger partial charge is 0.255 e. The first-order chi connectivity index (χ1) is 11.6. The summed E-state index contributed by atoms with van der Waals surface area (Å²) in [5.41, 5.74) is 1.57. The molecule has 1 atom stereocenters. The van der Waals surface area contributed by atoms with Crippen LogP contribution in [-0.2, 0) is 0 Å². The van der Waals surface area contributed by atoms with Crippen molar-refractivity contribution < 1.29 is 14.3 Å². The number of ether oxygens (including phenoxy) is 2. The van der Waals surface area contributed by atoms with Gasteiger partial charge in [-0.1, -0.05) is 23.7 Å². The molecular weight excluding hydrogens is 326 g/mol. The van der Waals surface area contributed by atoms with Crippen molar-refractivity contribution in [2.24, 2.45) is 5.92 Å². The van der Waals surface area contributed by atoms with E-state index in [0.717, 1.165) is 18.4 Å². The fourth-order valence-corrected chi connectivity index (χ4v) is 2.90. The monoisotopic (exact) mass is 345 g/mol. The van der Waals surface area contributed by atoms with Crippen LogP contribution in [0.3, 0.4) is 0 Å². The van der Waals surface area contributed by atoms with E-state index in [4.69, 9.17) is 21.1 Å². The maximum atomic E-state index is 12.7. The Balaban J connectivity index is 1.83. The molecule has 1 saturated carbocycles. The predicted molar refractivity (Wildman–Crippen MR) is 93.9 cm³/mol. The van der Waals surface area contributed by atoms with Gasteiger partial charge in [0.25, 0.3) is 5.91 Å². The van der Waals surface area contributed by atoms with Crippen LogP contribution in [0.25, 0.3) is 0 Å². The minimum Gasteiger partial charge on any atom is -0.497 e. The molecule has 126 valence electrons. The van der Waals surface area contributed by atoms with Gasteiger partial charge in [0.15, 0.2) is 0 Å². The molecule has 2 aromatic carbocycles. The van der Waals surface area contributed by atoms with Crippen LogP contribution in [-0.4, -0.2) is 20.1 Å². The standard InChI is InChI=1S/C19H20ClNO3/c1-23-15-9-10-16(17(11-15)24-2)19(22)21-18(12-3-4-12)13-5-7-14(20)8-6-13/h5-12,18H,3-4H2,1-2H3,(H,21,22). The van der Waals surface area contributed by atoms with E-state index in [9.17, 15) is 4.79 Å². The Bertz CT molecular complexity index is 726. The summed E-state index contributed by atoms with van der Waals surface area (Å²) in [5.74, 6) is 1.47. The van der Waals surface area contributed by atoms with E-state index < -0.39 is 0 Å². The van der Waals surface area contributed by atoms with E-state index in [2.05, 4.69) is 5.32 Å². The Morgan fingerprint density at radius 1 is 1.12 bits per heavy atom. The number of carbonyl (C=O) groups is 1. The number of hydrogen-bond acceptors (Lipinski definition) is 3. The van der Waals surface area contributed by atoms with Crippen molar-refractivity contribution in [2.75, 3.05) is 14.2 Å². The lowest BCUT2D eigenvalue weighted by molar-refractivity contribution is 0.0928. The molecule has 3 rings (SSSR count). The average molecular weight is 346 g/mol. The van der Waals surface area contributed by atoms with Crippen molar-refractivity contribution >= 4 is 17.5 Å². The SMILES string of the molecule is COc1ccc(C(=O)NC(c2ccc(Cl)cc2)C2CC2)c(OC)c1. The second-order valence-electron chi connectivity index (χ2n) is 5.91. The molecular formula is C19H20ClNO3. The van der Waals surface area contributed by atoms with Gasteiger partial charge in [-0.3, -0.25) is 4.79 Å². The van der Waals surface area contributed by atoms with Gasteiger partial charge in [0.05, 0.1) is 25.8 Å². The van der Waals surface area contributed by atoms with Crippen LogP contribution in [0.4, 0.5) is 0 Å². The van der Waals surface area contributed by atoms with Gasteiger partial charge in [-0.05, 0) is 48.6 Å². The summed E-state index contributed by atoms with van der Waals surface area (Å²) < 4.78 is 10.5. The van der Waals surface area contributed by atoms with Crippen LogP contribution in [0.5, 0.6) is 11.5 Å². The molecule has 0 aliphatic heterocycles. The molecule has 0 aromatic heterocycles. The van der Waals surface area contributed by atoms with Gasteiger partial charge in [0.1, 0.15) is 11.5 Å². The predicted octanol–water partition coefficient (Wildman–Crippen LogP) is 4.24. The number of nitrogens with one attached hydrogen (secondary N) is 1. The molecule has 0 bridgehead atoms. The third kappa shape index (κ3) is 3.65. The summed E-state index contributed by atoms with van der Waals surface area (Å²) in [6.07, 6.45) is 2.24. The highest BCUT2D eigenvalue weighted by molar-refractivity contribution is 6.30. The first kappa shape index (κ1) is 16.7. The van der Waals surface area contributed by atoms with Crippen LogP contribution in [0.1, 0.15) is 34.8 Å². The number of amides is 1. The maximum absolute atomic E-state index is 12.7. The van der Waals surface area contributed by atoms with Crippen molar-refractivity contribution in [1.82, 2.24) is 5.32 Å². The minimum absolute atomic E-state index is 0.0124. The molecule has 0 saturated heterocycles. The van der Waals surface area contributed by atoms with Gasteiger partial charge >= 0.3 is 0 Å². The average Bonchev–Trinajstić information content (AvgIpc) is 3.44. The zero-order chi connectivity index (χ0) is 17.1. The van der Waals surface area contributed by atoms with E-state index in [0.29, 0.717) is 28.0 Å². The van der Waals surface area contributed by atoms with E-state index in [1.54, 1.807) is 32.4 Å². The number of halogens is 1. The molecule has 0 spiro atoms. The third-order valence-electron chi connectivity index (χ3n) is 4.26. The second kappa shape index (κ2) is 7.14. The molecule has 1 N–H and O–H groups in total. The number of methoxy groups -OCH3 is 2. The third-order valence-corrected chi connectivity index (χ3v) is 4.51. The van der Waals surface area contributed by atoms with E-state index in [1.807, 2.05) is 24.3 Å². The lowest BCUT2D eigenvalue weighted by Crippen LogP contribution is -2.30. The fourth-order valence-electron chi connectivity index (χ4n) is 2.78. The summed E-state index contributed by atoms with van der Waals surface area (Å²) in [6.45, 7) is 0. The van der Waals surface area contributed by atoms with Gasteiger partial charge in [-0.2, -0.15) is 0 Å². The molecule has 24 heavy (non-hydrogen) atoms. The first-order valence-electron chi connectivity index (χ1n) is 7.90. The highest BCUT2D eigenvalue weighted by Crippen LogP contribution is 2.41. The quantitative estimate of drug-likeness (QED) is 0.851. The number of benzene rings is 2. The highest BCUT2D eigenvalue weighted by Gasteiger charge is 2.34.